The van der Waals surface area contributed by atoms with Gasteiger partial charge in [-0.05, 0) is 103 Å². The summed E-state index contributed by atoms with van der Waals surface area (Å²) < 4.78 is 2.32. The molecule has 0 fully saturated rings. The zero-order chi connectivity index (χ0) is 31.3. The Morgan fingerprint density at radius 1 is 0.644 bits per heavy atom. The fraction of sp³-hybridized carbons (Fsp3) is 0.0476. The molecule has 6 rings (SSSR count). The summed E-state index contributed by atoms with van der Waals surface area (Å²) in [7, 11) is 0. The van der Waals surface area contributed by atoms with E-state index in [1.54, 1.807) is 6.08 Å². The number of fused-ring (bicyclic) bond motifs is 3. The lowest BCUT2D eigenvalue weighted by atomic mass is 10.0. The molecule has 0 aliphatic heterocycles. The maximum absolute atomic E-state index is 6.07. The number of hydrogen-bond acceptors (Lipinski definition) is 2. The molecule has 0 aliphatic rings. The lowest BCUT2D eigenvalue weighted by Gasteiger charge is -2.26. The zero-order valence-electron chi connectivity index (χ0n) is 25.8. The van der Waals surface area contributed by atoms with Crippen molar-refractivity contribution >= 4 is 55.7 Å². The van der Waals surface area contributed by atoms with Crippen LogP contribution >= 0.6 is 0 Å². The fourth-order valence-corrected chi connectivity index (χ4v) is 5.99. The van der Waals surface area contributed by atoms with E-state index in [0.717, 1.165) is 61.7 Å². The van der Waals surface area contributed by atoms with Gasteiger partial charge in [-0.25, -0.2) is 0 Å². The molecule has 0 bridgehead atoms. The highest BCUT2D eigenvalue weighted by Gasteiger charge is 2.18. The first-order valence-electron chi connectivity index (χ1n) is 15.2. The number of nitrogens with two attached hydrogens (primary N) is 1. The number of aromatic nitrogens is 1. The predicted molar refractivity (Wildman–Crippen MR) is 197 cm³/mol. The Morgan fingerprint density at radius 3 is 1.82 bits per heavy atom. The molecule has 1 aromatic heterocycles. The number of anilines is 4. The number of hydrogen-bond donors (Lipinski definition) is 1. The third kappa shape index (κ3) is 5.64. The second-order valence-corrected chi connectivity index (χ2v) is 10.9. The van der Waals surface area contributed by atoms with Crippen molar-refractivity contribution in [3.05, 3.63) is 176 Å². The fourth-order valence-electron chi connectivity index (χ4n) is 5.99. The van der Waals surface area contributed by atoms with E-state index in [0.29, 0.717) is 0 Å². The van der Waals surface area contributed by atoms with Gasteiger partial charge in [-0.2, -0.15) is 0 Å². The van der Waals surface area contributed by atoms with Crippen LogP contribution in [-0.4, -0.2) is 4.57 Å². The standard InChI is InChI=1S/C42H37N3/c1-5-9-12-31(8-4)33-17-23-36(24-18-33)44(35-21-15-32(16-22-35)30(6-2)7-3)38-27-28-40-39-13-10-11-14-41(39)45(42(40)29-38)37-25-19-34(43)20-26-37/h5-29H,1-2,43H2,3-4H3/b12-9-,30-7+,31-8+. The van der Waals surface area contributed by atoms with E-state index in [1.807, 2.05) is 31.2 Å². The molecule has 2 N–H and O–H groups in total. The quantitative estimate of drug-likeness (QED) is 0.136. The van der Waals surface area contributed by atoms with Crippen LogP contribution in [0.1, 0.15) is 25.0 Å². The summed E-state index contributed by atoms with van der Waals surface area (Å²) in [6, 6.07) is 40.8. The molecular formula is C42H37N3. The molecule has 0 atom stereocenters. The van der Waals surface area contributed by atoms with Crippen LogP contribution in [0.2, 0.25) is 0 Å². The molecule has 0 saturated heterocycles. The van der Waals surface area contributed by atoms with E-state index in [4.69, 9.17) is 5.73 Å². The minimum absolute atomic E-state index is 0.747. The summed E-state index contributed by atoms with van der Waals surface area (Å²) in [4.78, 5) is 2.32. The summed E-state index contributed by atoms with van der Waals surface area (Å²) in [5.74, 6) is 0. The molecule has 0 aliphatic carbocycles. The molecule has 0 saturated carbocycles. The van der Waals surface area contributed by atoms with Crippen molar-refractivity contribution in [2.45, 2.75) is 13.8 Å². The summed E-state index contributed by atoms with van der Waals surface area (Å²) in [5, 5.41) is 2.41. The molecule has 5 aromatic carbocycles. The van der Waals surface area contributed by atoms with Crippen molar-refractivity contribution < 1.29 is 0 Å². The Balaban J connectivity index is 1.55. The molecule has 0 radical (unpaired) electrons. The van der Waals surface area contributed by atoms with Crippen LogP contribution in [0, 0.1) is 0 Å². The van der Waals surface area contributed by atoms with Crippen molar-refractivity contribution in [2.75, 3.05) is 10.6 Å². The van der Waals surface area contributed by atoms with Crippen LogP contribution in [0.3, 0.4) is 0 Å². The lowest BCUT2D eigenvalue weighted by molar-refractivity contribution is 1.18. The molecule has 0 unspecified atom stereocenters. The van der Waals surface area contributed by atoms with Gasteiger partial charge in [-0.15, -0.1) is 0 Å². The second-order valence-electron chi connectivity index (χ2n) is 10.9. The third-order valence-electron chi connectivity index (χ3n) is 8.24. The van der Waals surface area contributed by atoms with E-state index < -0.39 is 0 Å². The Labute approximate surface area is 265 Å². The van der Waals surface area contributed by atoms with Crippen LogP contribution < -0.4 is 10.6 Å². The normalized spacial score (nSPS) is 12.2. The largest absolute Gasteiger partial charge is 0.399 e. The van der Waals surface area contributed by atoms with E-state index >= 15 is 0 Å². The smallest absolute Gasteiger partial charge is 0.0561 e. The van der Waals surface area contributed by atoms with Gasteiger partial charge in [0.25, 0.3) is 0 Å². The van der Waals surface area contributed by atoms with Crippen molar-refractivity contribution in [1.82, 2.24) is 4.57 Å². The van der Waals surface area contributed by atoms with Gasteiger partial charge in [0.15, 0.2) is 0 Å². The molecule has 6 aromatic rings. The molecule has 45 heavy (non-hydrogen) atoms. The van der Waals surface area contributed by atoms with Crippen molar-refractivity contribution in [2.24, 2.45) is 0 Å². The highest BCUT2D eigenvalue weighted by atomic mass is 15.1. The van der Waals surface area contributed by atoms with Gasteiger partial charge in [-0.3, -0.25) is 0 Å². The topological polar surface area (TPSA) is 34.2 Å². The Kier molecular flexibility index (Phi) is 8.35. The highest BCUT2D eigenvalue weighted by molar-refractivity contribution is 6.10. The first-order valence-corrected chi connectivity index (χ1v) is 15.2. The maximum Gasteiger partial charge on any atom is 0.0561 e. The Hall–Kier alpha value is -5.80. The van der Waals surface area contributed by atoms with Gasteiger partial charge in [0, 0.05) is 39.2 Å². The summed E-state index contributed by atoms with van der Waals surface area (Å²) >= 11 is 0. The molecule has 3 nitrogen and oxygen atoms in total. The molecule has 1 heterocycles. The molecular weight excluding hydrogens is 546 g/mol. The van der Waals surface area contributed by atoms with Crippen molar-refractivity contribution in [3.63, 3.8) is 0 Å². The van der Waals surface area contributed by atoms with Gasteiger partial charge in [0.2, 0.25) is 0 Å². The summed E-state index contributed by atoms with van der Waals surface area (Å²) in [6.07, 6.45) is 12.0. The first kappa shape index (κ1) is 29.3. The van der Waals surface area contributed by atoms with Crippen LogP contribution in [0.5, 0.6) is 0 Å². The third-order valence-corrected chi connectivity index (χ3v) is 8.24. The number of nitrogen functional groups attached to an aromatic ring is 1. The zero-order valence-corrected chi connectivity index (χ0v) is 25.8. The van der Waals surface area contributed by atoms with E-state index in [-0.39, 0.29) is 0 Å². The number of nitrogens with zero attached hydrogens (tertiary/aromatic N) is 2. The maximum atomic E-state index is 6.07. The van der Waals surface area contributed by atoms with E-state index in [2.05, 4.69) is 151 Å². The van der Waals surface area contributed by atoms with Crippen molar-refractivity contribution in [1.29, 1.82) is 0 Å². The number of benzene rings is 5. The Bertz CT molecular complexity index is 2090. The van der Waals surface area contributed by atoms with Gasteiger partial charge >= 0.3 is 0 Å². The molecule has 0 amide bonds. The first-order chi connectivity index (χ1) is 22.1. The van der Waals surface area contributed by atoms with Gasteiger partial charge in [0.1, 0.15) is 0 Å². The van der Waals surface area contributed by atoms with Crippen LogP contribution in [0.15, 0.2) is 165 Å². The van der Waals surface area contributed by atoms with Crippen LogP contribution in [-0.2, 0) is 0 Å². The predicted octanol–water partition coefficient (Wildman–Crippen LogP) is 11.6. The summed E-state index contributed by atoms with van der Waals surface area (Å²) in [6.45, 7) is 11.9. The van der Waals surface area contributed by atoms with Gasteiger partial charge in [0.05, 0.1) is 11.0 Å². The number of allylic oxidation sites excluding steroid dienone is 8. The SMILES string of the molecule is C=C/C=C\C(=C/C)c1ccc(N(c2ccc(/C(C=C)=C/C)cc2)c2ccc3c4ccccc4n(-c4ccc(N)cc4)c3c2)cc1. The highest BCUT2D eigenvalue weighted by Crippen LogP contribution is 2.40. The minimum atomic E-state index is 0.747. The van der Waals surface area contributed by atoms with Gasteiger partial charge < -0.3 is 15.2 Å². The second kappa shape index (κ2) is 12.8. The monoisotopic (exact) mass is 583 g/mol. The molecule has 3 heteroatoms. The van der Waals surface area contributed by atoms with Crippen molar-refractivity contribution in [3.8, 4) is 5.69 Å². The lowest BCUT2D eigenvalue weighted by Crippen LogP contribution is -2.10. The number of rotatable bonds is 9. The average Bonchev–Trinajstić information content (AvgIpc) is 3.41. The van der Waals surface area contributed by atoms with Gasteiger partial charge in [-0.1, -0.05) is 98.1 Å². The minimum Gasteiger partial charge on any atom is -0.399 e. The van der Waals surface area contributed by atoms with E-state index in [1.165, 1.54) is 10.8 Å². The van der Waals surface area contributed by atoms with E-state index in [9.17, 15) is 0 Å². The summed E-state index contributed by atoms with van der Waals surface area (Å²) in [5.41, 5.74) is 17.9. The Morgan fingerprint density at radius 2 is 1.22 bits per heavy atom. The molecule has 0 spiro atoms. The van der Waals surface area contributed by atoms with Crippen LogP contribution in [0.25, 0.3) is 38.6 Å². The average molecular weight is 584 g/mol. The molecule has 220 valence electrons. The number of para-hydroxylation sites is 1. The van der Waals surface area contributed by atoms with Crippen LogP contribution in [0.4, 0.5) is 22.7 Å².